The lowest BCUT2D eigenvalue weighted by atomic mass is 10.1. The Morgan fingerprint density at radius 1 is 1.05 bits per heavy atom. The molecular formula is C30H49N3O7S2. The molecule has 2 amide bonds. The second-order valence-corrected chi connectivity index (χ2v) is 14.5. The van der Waals surface area contributed by atoms with Crippen LogP contribution in [0.5, 0.6) is 0 Å². The van der Waals surface area contributed by atoms with Gasteiger partial charge in [0.2, 0.25) is 5.91 Å². The van der Waals surface area contributed by atoms with E-state index in [1.807, 2.05) is 38.3 Å². The molecule has 0 bridgehead atoms. The number of thioether (sulfide) groups is 1. The average molecular weight is 628 g/mol. The zero-order valence-corrected chi connectivity index (χ0v) is 27.8. The van der Waals surface area contributed by atoms with Crippen LogP contribution in [0, 0.1) is 0 Å². The van der Waals surface area contributed by atoms with Crippen molar-refractivity contribution in [3.05, 3.63) is 22.4 Å². The van der Waals surface area contributed by atoms with E-state index in [9.17, 15) is 19.2 Å². The van der Waals surface area contributed by atoms with E-state index in [0.717, 1.165) is 30.6 Å². The number of carbonyl (C=O) groups excluding carboxylic acids is 4. The average Bonchev–Trinajstić information content (AvgIpc) is 3.35. The molecule has 2 N–H and O–H groups in total. The monoisotopic (exact) mass is 627 g/mol. The van der Waals surface area contributed by atoms with Gasteiger partial charge in [-0.25, -0.2) is 4.79 Å². The molecule has 0 radical (unpaired) electrons. The molecule has 1 aromatic rings. The van der Waals surface area contributed by atoms with E-state index in [4.69, 9.17) is 14.2 Å². The van der Waals surface area contributed by atoms with Crippen molar-refractivity contribution in [2.75, 3.05) is 32.0 Å². The van der Waals surface area contributed by atoms with Gasteiger partial charge in [-0.1, -0.05) is 25.3 Å². The number of esters is 2. The van der Waals surface area contributed by atoms with Crippen LogP contribution in [0.4, 0.5) is 4.79 Å². The number of nitrogens with one attached hydrogen (secondary N) is 2. The van der Waals surface area contributed by atoms with E-state index in [1.54, 1.807) is 55.7 Å². The Balaban J connectivity index is 2.00. The van der Waals surface area contributed by atoms with Crippen molar-refractivity contribution in [3.63, 3.8) is 0 Å². The molecule has 1 aliphatic heterocycles. The van der Waals surface area contributed by atoms with Crippen molar-refractivity contribution in [1.29, 1.82) is 0 Å². The fourth-order valence-electron chi connectivity index (χ4n) is 4.37. The first kappa shape index (κ1) is 35.9. The minimum absolute atomic E-state index is 0.0125. The number of amides is 2. The third kappa shape index (κ3) is 13.8. The van der Waals surface area contributed by atoms with Crippen LogP contribution in [0.1, 0.15) is 90.7 Å². The van der Waals surface area contributed by atoms with Gasteiger partial charge in [-0.05, 0) is 72.8 Å². The highest BCUT2D eigenvalue weighted by Crippen LogP contribution is 2.36. The maximum atomic E-state index is 13.7. The van der Waals surface area contributed by atoms with E-state index in [2.05, 4.69) is 10.6 Å². The van der Waals surface area contributed by atoms with Gasteiger partial charge in [0.15, 0.2) is 0 Å². The highest BCUT2D eigenvalue weighted by atomic mass is 32.2. The van der Waals surface area contributed by atoms with Crippen molar-refractivity contribution >= 4 is 47.0 Å². The Labute approximate surface area is 259 Å². The van der Waals surface area contributed by atoms with Crippen molar-refractivity contribution in [2.45, 2.75) is 109 Å². The van der Waals surface area contributed by atoms with Crippen molar-refractivity contribution in [2.24, 2.45) is 0 Å². The second kappa shape index (κ2) is 17.1. The normalized spacial score (nSPS) is 18.6. The Hall–Kier alpha value is -2.31. The molecule has 1 unspecified atom stereocenters. The first-order valence-corrected chi connectivity index (χ1v) is 16.7. The van der Waals surface area contributed by atoms with Crippen LogP contribution in [0.2, 0.25) is 0 Å². The summed E-state index contributed by atoms with van der Waals surface area (Å²) in [5, 5.41) is 8.05. The van der Waals surface area contributed by atoms with Gasteiger partial charge in [-0.2, -0.15) is 0 Å². The van der Waals surface area contributed by atoms with Crippen molar-refractivity contribution in [3.8, 4) is 0 Å². The number of alkyl carbamates (subject to hydrolysis) is 1. The summed E-state index contributed by atoms with van der Waals surface area (Å²) in [5.74, 6) is -0.623. The predicted octanol–water partition coefficient (Wildman–Crippen LogP) is 5.07. The van der Waals surface area contributed by atoms with E-state index < -0.39 is 35.3 Å². The molecule has 1 aliphatic rings. The summed E-state index contributed by atoms with van der Waals surface area (Å²) in [6, 6.07) is 2.71. The Morgan fingerprint density at radius 3 is 2.36 bits per heavy atom. The SMILES string of the molecule is CCOC(=O)C(CCCCCCNC(=O)OC(C)(C)C)N[C@H]1CS[C@H](c2cccs2)CN(CC(=O)OC(C)(C)C)C1=O. The molecule has 1 saturated heterocycles. The second-order valence-electron chi connectivity index (χ2n) is 12.3. The van der Waals surface area contributed by atoms with Crippen molar-refractivity contribution in [1.82, 2.24) is 15.5 Å². The lowest BCUT2D eigenvalue weighted by Crippen LogP contribution is -2.54. The summed E-state index contributed by atoms with van der Waals surface area (Å²) >= 11 is 3.26. The number of nitrogens with zero attached hydrogens (tertiary/aromatic N) is 1. The summed E-state index contributed by atoms with van der Waals surface area (Å²) in [6.45, 7) is 13.6. The van der Waals surface area contributed by atoms with Crippen molar-refractivity contribution < 1.29 is 33.4 Å². The first-order valence-electron chi connectivity index (χ1n) is 14.7. The maximum Gasteiger partial charge on any atom is 0.407 e. The van der Waals surface area contributed by atoms with Crippen LogP contribution in [0.25, 0.3) is 0 Å². The van der Waals surface area contributed by atoms with Crippen LogP contribution >= 0.6 is 23.1 Å². The van der Waals surface area contributed by atoms with Crippen LogP contribution in [-0.2, 0) is 28.6 Å². The third-order valence-electron chi connectivity index (χ3n) is 6.12. The van der Waals surface area contributed by atoms with Gasteiger partial charge in [-0.15, -0.1) is 23.1 Å². The number of carbonyl (C=O) groups is 4. The molecule has 238 valence electrons. The lowest BCUT2D eigenvalue weighted by molar-refractivity contribution is -0.159. The molecule has 2 rings (SSSR count). The molecule has 42 heavy (non-hydrogen) atoms. The van der Waals surface area contributed by atoms with Gasteiger partial charge < -0.3 is 24.4 Å². The molecule has 1 aromatic heterocycles. The largest absolute Gasteiger partial charge is 0.465 e. The van der Waals surface area contributed by atoms with Gasteiger partial charge in [-0.3, -0.25) is 19.7 Å². The van der Waals surface area contributed by atoms with Crippen LogP contribution in [0.3, 0.4) is 0 Å². The molecule has 1 fully saturated rings. The Morgan fingerprint density at radius 2 is 1.74 bits per heavy atom. The third-order valence-corrected chi connectivity index (χ3v) is 8.59. The molecule has 0 aromatic carbocycles. The van der Waals surface area contributed by atoms with E-state index in [0.29, 0.717) is 25.3 Å². The smallest absolute Gasteiger partial charge is 0.407 e. The summed E-state index contributed by atoms with van der Waals surface area (Å²) in [7, 11) is 0. The summed E-state index contributed by atoms with van der Waals surface area (Å²) in [6.07, 6.45) is 3.34. The molecule has 0 aliphatic carbocycles. The van der Waals surface area contributed by atoms with E-state index in [-0.39, 0.29) is 30.3 Å². The molecule has 0 spiro atoms. The summed E-state index contributed by atoms with van der Waals surface area (Å²) in [4.78, 5) is 53.8. The zero-order valence-electron chi connectivity index (χ0n) is 26.2. The number of hydrogen-bond acceptors (Lipinski definition) is 10. The number of rotatable bonds is 14. The first-order chi connectivity index (χ1) is 19.7. The number of ether oxygens (including phenoxy) is 3. The molecular weight excluding hydrogens is 578 g/mol. The number of unbranched alkanes of at least 4 members (excludes halogenated alkanes) is 3. The van der Waals surface area contributed by atoms with Crippen LogP contribution < -0.4 is 10.6 Å². The maximum absolute atomic E-state index is 13.7. The van der Waals surface area contributed by atoms with Crippen LogP contribution in [0.15, 0.2) is 17.5 Å². The number of hydrogen-bond donors (Lipinski definition) is 2. The van der Waals surface area contributed by atoms with E-state index >= 15 is 0 Å². The highest BCUT2D eigenvalue weighted by molar-refractivity contribution is 7.99. The molecule has 2 heterocycles. The lowest BCUT2D eigenvalue weighted by Gasteiger charge is -2.28. The Kier molecular flexibility index (Phi) is 14.6. The molecule has 10 nitrogen and oxygen atoms in total. The summed E-state index contributed by atoms with van der Waals surface area (Å²) in [5.41, 5.74) is -1.19. The van der Waals surface area contributed by atoms with Gasteiger partial charge in [0.25, 0.3) is 0 Å². The highest BCUT2D eigenvalue weighted by Gasteiger charge is 2.36. The standard InChI is InChI=1S/C30H49N3O7S2/c1-8-38-27(36)21(14-11-9-10-12-16-31-28(37)40-30(5,6)7)32-22-20-42-24(23-15-13-17-41-23)18-33(26(22)35)19-25(34)39-29(2,3)4/h13,15,17,21-22,24,32H,8-12,14,16,18-20H2,1-7H3,(H,31,37)/t21?,22-,24-/m0/s1. The van der Waals surface area contributed by atoms with Gasteiger partial charge in [0.1, 0.15) is 23.8 Å². The van der Waals surface area contributed by atoms with Gasteiger partial charge in [0, 0.05) is 23.7 Å². The minimum atomic E-state index is -0.660. The van der Waals surface area contributed by atoms with Gasteiger partial charge in [0.05, 0.1) is 17.9 Å². The fourth-order valence-corrected chi connectivity index (χ4v) is 6.63. The Bertz CT molecular complexity index is 1010. The van der Waals surface area contributed by atoms with E-state index in [1.165, 1.54) is 0 Å². The topological polar surface area (TPSA) is 123 Å². The molecule has 12 heteroatoms. The quantitative estimate of drug-likeness (QED) is 0.165. The zero-order chi connectivity index (χ0) is 31.3. The molecule has 3 atom stereocenters. The predicted molar refractivity (Wildman–Crippen MR) is 167 cm³/mol. The molecule has 0 saturated carbocycles. The van der Waals surface area contributed by atoms with Crippen LogP contribution in [-0.4, -0.2) is 84.1 Å². The summed E-state index contributed by atoms with van der Waals surface area (Å²) < 4.78 is 16.1. The minimum Gasteiger partial charge on any atom is -0.465 e. The number of thiophene rings is 1. The van der Waals surface area contributed by atoms with Gasteiger partial charge >= 0.3 is 18.0 Å². The fraction of sp³-hybridized carbons (Fsp3) is 0.733.